The number of alkyl halides is 2. The van der Waals surface area contributed by atoms with Gasteiger partial charge in [0.1, 0.15) is 35.3 Å². The lowest BCUT2D eigenvalue weighted by Gasteiger charge is -2.19. The Bertz CT molecular complexity index is 3230. The molecule has 14 heteroatoms. The van der Waals surface area contributed by atoms with Crippen LogP contribution in [0.1, 0.15) is 85.8 Å². The van der Waals surface area contributed by atoms with E-state index in [9.17, 15) is 17.6 Å². The van der Waals surface area contributed by atoms with E-state index in [4.69, 9.17) is 32.7 Å². The number of H-pyrrole nitrogens is 2. The number of nitrogens with zero attached hydrogens (tertiary/aromatic N) is 4. The molecule has 0 saturated carbocycles. The Morgan fingerprint density at radius 1 is 0.554 bits per heavy atom. The molecule has 2 saturated heterocycles. The highest BCUT2D eigenvalue weighted by molar-refractivity contribution is 6.33. The molecule has 0 radical (unpaired) electrons. The van der Waals surface area contributed by atoms with Gasteiger partial charge in [-0.3, -0.25) is 28.8 Å². The number of aromatic nitrogens is 4. The van der Waals surface area contributed by atoms with Crippen LogP contribution < -0.4 is 9.47 Å². The van der Waals surface area contributed by atoms with Crippen LogP contribution in [0.15, 0.2) is 134 Å². The maximum Gasteiger partial charge on any atom is 0.124 e. The second-order valence-electron chi connectivity index (χ2n) is 18.8. The fourth-order valence-corrected chi connectivity index (χ4v) is 10.7. The summed E-state index contributed by atoms with van der Waals surface area (Å²) in [7, 11) is 0. The quantitative estimate of drug-likeness (QED) is 0.0658. The first-order chi connectivity index (χ1) is 36.1. The van der Waals surface area contributed by atoms with Crippen LogP contribution in [0.2, 0.25) is 10.0 Å². The minimum atomic E-state index is -0.359. The van der Waals surface area contributed by atoms with Gasteiger partial charge in [-0.2, -0.15) is 10.2 Å². The largest absolute Gasteiger partial charge is 0.489 e. The first kappa shape index (κ1) is 52.4. The van der Waals surface area contributed by atoms with Crippen LogP contribution in [0.5, 0.6) is 11.5 Å². The van der Waals surface area contributed by atoms with Crippen LogP contribution in [-0.4, -0.2) is 95.0 Å². The van der Waals surface area contributed by atoms with Gasteiger partial charge in [0.2, 0.25) is 0 Å². The van der Waals surface area contributed by atoms with E-state index in [-0.39, 0.29) is 37.2 Å². The SMILES string of the molecule is CC/C(=C(/c1ccc(O[C@H]2CCN(CCCF)C2)cc1)c1ccc2[nH]ncc2c1)c1ccc(F)cc1Cl.CC/C(=C(\c1ccc2[nH]ncc2c1)c1cc(F)ccc1Cl)c1ccc(O[C@H]2CCN(CCCF)C2)cc1. The Morgan fingerprint density at radius 2 is 1.05 bits per heavy atom. The number of allylic oxidation sites excluding steroid dienone is 2. The van der Waals surface area contributed by atoms with Crippen molar-refractivity contribution in [3.63, 3.8) is 0 Å². The van der Waals surface area contributed by atoms with Gasteiger partial charge in [-0.1, -0.05) is 79.5 Å². The van der Waals surface area contributed by atoms with E-state index in [0.717, 1.165) is 142 Å². The highest BCUT2D eigenvalue weighted by atomic mass is 35.5. The fourth-order valence-electron chi connectivity index (χ4n) is 10.2. The number of aromatic amines is 2. The zero-order valence-electron chi connectivity index (χ0n) is 41.6. The molecule has 4 heterocycles. The number of likely N-dealkylation sites (tertiary alicyclic amines) is 2. The number of hydrogen-bond donors (Lipinski definition) is 2. The van der Waals surface area contributed by atoms with E-state index in [1.807, 2.05) is 60.8 Å². The number of rotatable bonds is 18. The molecule has 74 heavy (non-hydrogen) atoms. The molecule has 6 aromatic carbocycles. The third-order valence-corrected chi connectivity index (χ3v) is 14.5. The molecule has 10 rings (SSSR count). The third kappa shape index (κ3) is 12.5. The summed E-state index contributed by atoms with van der Waals surface area (Å²) in [5, 5.41) is 17.1. The van der Waals surface area contributed by atoms with Crippen LogP contribution >= 0.6 is 23.2 Å². The number of ether oxygens (including phenoxy) is 2. The van der Waals surface area contributed by atoms with E-state index in [0.29, 0.717) is 34.9 Å². The fraction of sp³-hybridized carbons (Fsp3) is 0.300. The predicted molar refractivity (Wildman–Crippen MR) is 292 cm³/mol. The minimum absolute atomic E-state index is 0.105. The standard InChI is InChI=1S/2C30H30ClF2N3O/c1-2-26(27-10-7-23(33)17-28(27)31)30(21-6-11-29-22(16-21)18-34-35-29)20-4-8-24(9-5-20)37-25-12-15-36(19-25)14-3-13-32;1-2-26(20-4-8-24(9-5-20)37-25-12-15-36(19-25)14-3-13-32)30(27-17-23(33)7-10-28(27)31)21-6-11-29-22(16-21)18-34-35-29/h2*4-11,16-18,25H,2-3,12-15,19H2,1H3,(H,34,35)/b30-26+;30-26-/t2*25-/m00/s1. The van der Waals surface area contributed by atoms with Crippen LogP contribution in [0.25, 0.3) is 44.1 Å². The summed E-state index contributed by atoms with van der Waals surface area (Å²) in [6, 6.07) is 37.5. The maximum atomic E-state index is 14.4. The summed E-state index contributed by atoms with van der Waals surface area (Å²) in [6.07, 6.45) is 8.24. The summed E-state index contributed by atoms with van der Waals surface area (Å²) in [4.78, 5) is 4.51. The summed E-state index contributed by atoms with van der Waals surface area (Å²) in [5.74, 6) is 0.921. The lowest BCUT2D eigenvalue weighted by Crippen LogP contribution is -2.26. The molecule has 2 aromatic heterocycles. The molecule has 2 fully saturated rings. The summed E-state index contributed by atoms with van der Waals surface area (Å²) < 4.78 is 65.8. The maximum absolute atomic E-state index is 14.4. The van der Waals surface area contributed by atoms with Crippen LogP contribution in [0, 0.1) is 11.6 Å². The molecule has 2 N–H and O–H groups in total. The highest BCUT2D eigenvalue weighted by Gasteiger charge is 2.26. The molecule has 2 atom stereocenters. The van der Waals surface area contributed by atoms with Gasteiger partial charge in [0, 0.05) is 60.6 Å². The van der Waals surface area contributed by atoms with E-state index < -0.39 is 0 Å². The molecule has 0 unspecified atom stereocenters. The second kappa shape index (κ2) is 24.7. The molecule has 0 bridgehead atoms. The average molecular weight is 1040 g/mol. The molecule has 384 valence electrons. The van der Waals surface area contributed by atoms with Crippen LogP contribution in [0.4, 0.5) is 17.6 Å². The predicted octanol–water partition coefficient (Wildman–Crippen LogP) is 15.1. The van der Waals surface area contributed by atoms with Crippen molar-refractivity contribution in [2.45, 2.75) is 64.6 Å². The van der Waals surface area contributed by atoms with Gasteiger partial charge in [-0.05, 0) is 167 Å². The second-order valence-corrected chi connectivity index (χ2v) is 19.6. The molecular weight excluding hydrogens is 984 g/mol. The summed E-state index contributed by atoms with van der Waals surface area (Å²) >= 11 is 13.2. The Morgan fingerprint density at radius 3 is 1.58 bits per heavy atom. The molecule has 0 spiro atoms. The van der Waals surface area contributed by atoms with Crippen molar-refractivity contribution in [3.05, 3.63) is 189 Å². The Labute approximate surface area is 440 Å². The van der Waals surface area contributed by atoms with Crippen molar-refractivity contribution >= 4 is 67.3 Å². The average Bonchev–Trinajstić information content (AvgIpc) is 4.27. The normalized spacial score (nSPS) is 16.8. The van der Waals surface area contributed by atoms with Gasteiger partial charge in [0.15, 0.2) is 0 Å². The van der Waals surface area contributed by atoms with Crippen molar-refractivity contribution in [3.8, 4) is 11.5 Å². The van der Waals surface area contributed by atoms with E-state index in [1.54, 1.807) is 18.3 Å². The Hall–Kier alpha value is -6.44. The molecule has 8 nitrogen and oxygen atoms in total. The first-order valence-electron chi connectivity index (χ1n) is 25.5. The van der Waals surface area contributed by atoms with Crippen molar-refractivity contribution in [1.29, 1.82) is 0 Å². The number of halogens is 6. The van der Waals surface area contributed by atoms with Crippen LogP contribution in [-0.2, 0) is 0 Å². The highest BCUT2D eigenvalue weighted by Crippen LogP contribution is 2.41. The monoisotopic (exact) mass is 1040 g/mol. The summed E-state index contributed by atoms with van der Waals surface area (Å²) in [6.45, 7) is 8.67. The zero-order valence-corrected chi connectivity index (χ0v) is 43.1. The molecule has 2 aliphatic rings. The van der Waals surface area contributed by atoms with Crippen molar-refractivity contribution in [1.82, 2.24) is 30.2 Å². The first-order valence-corrected chi connectivity index (χ1v) is 26.2. The Kier molecular flexibility index (Phi) is 17.5. The van der Waals surface area contributed by atoms with Crippen molar-refractivity contribution < 1.29 is 27.0 Å². The third-order valence-electron chi connectivity index (χ3n) is 13.8. The molecular formula is C60H60Cl2F4N6O2. The van der Waals surface area contributed by atoms with Gasteiger partial charge in [0.05, 0.1) is 41.8 Å². The smallest absolute Gasteiger partial charge is 0.124 e. The number of nitrogens with one attached hydrogen (secondary N) is 2. The number of hydrogen-bond acceptors (Lipinski definition) is 6. The van der Waals surface area contributed by atoms with E-state index in [2.05, 4.69) is 74.4 Å². The lowest BCUT2D eigenvalue weighted by atomic mass is 9.87. The molecule has 0 aliphatic carbocycles. The molecule has 2 aliphatic heterocycles. The topological polar surface area (TPSA) is 82.3 Å². The summed E-state index contributed by atoms with van der Waals surface area (Å²) in [5.41, 5.74) is 11.4. The van der Waals surface area contributed by atoms with E-state index in [1.165, 1.54) is 24.3 Å². The van der Waals surface area contributed by atoms with Crippen LogP contribution in [0.3, 0.4) is 0 Å². The van der Waals surface area contributed by atoms with E-state index >= 15 is 0 Å². The minimum Gasteiger partial charge on any atom is -0.489 e. The number of fused-ring (bicyclic) bond motifs is 2. The van der Waals surface area contributed by atoms with Crippen molar-refractivity contribution in [2.24, 2.45) is 0 Å². The van der Waals surface area contributed by atoms with Gasteiger partial charge in [0.25, 0.3) is 0 Å². The van der Waals surface area contributed by atoms with Gasteiger partial charge in [-0.15, -0.1) is 0 Å². The Balaban J connectivity index is 0.000000182. The van der Waals surface area contributed by atoms with Gasteiger partial charge >= 0.3 is 0 Å². The number of benzene rings is 6. The molecule has 0 amide bonds. The lowest BCUT2D eigenvalue weighted by molar-refractivity contribution is 0.198. The van der Waals surface area contributed by atoms with Gasteiger partial charge < -0.3 is 9.47 Å². The zero-order chi connectivity index (χ0) is 51.6. The van der Waals surface area contributed by atoms with Gasteiger partial charge in [-0.25, -0.2) is 8.78 Å². The van der Waals surface area contributed by atoms with Crippen molar-refractivity contribution in [2.75, 3.05) is 52.6 Å². The molecule has 8 aromatic rings.